The van der Waals surface area contributed by atoms with Crippen LogP contribution >= 0.6 is 0 Å². The Labute approximate surface area is 73.0 Å². The first-order valence-electron chi connectivity index (χ1n) is 4.36. The minimum atomic E-state index is -0.172. The summed E-state index contributed by atoms with van der Waals surface area (Å²) in [6.45, 7) is 4.74. The van der Waals surface area contributed by atoms with Crippen molar-refractivity contribution in [3.63, 3.8) is 0 Å². The van der Waals surface area contributed by atoms with Gasteiger partial charge in [-0.05, 0) is 19.3 Å². The van der Waals surface area contributed by atoms with Gasteiger partial charge in [0.05, 0.1) is 19.1 Å². The maximum absolute atomic E-state index is 11.1. The topological polar surface area (TPSA) is 35.5 Å². The van der Waals surface area contributed by atoms with Crippen molar-refractivity contribution < 1.29 is 14.3 Å². The van der Waals surface area contributed by atoms with E-state index in [2.05, 4.69) is 11.7 Å². The number of esters is 1. The van der Waals surface area contributed by atoms with E-state index in [-0.39, 0.29) is 18.0 Å². The molecule has 1 fully saturated rings. The Morgan fingerprint density at radius 3 is 2.75 bits per heavy atom. The van der Waals surface area contributed by atoms with E-state index >= 15 is 0 Å². The lowest BCUT2D eigenvalue weighted by molar-refractivity contribution is -0.149. The lowest BCUT2D eigenvalue weighted by Gasteiger charge is -2.19. The number of hydrogen-bond donors (Lipinski definition) is 0. The highest BCUT2D eigenvalue weighted by molar-refractivity contribution is 5.72. The van der Waals surface area contributed by atoms with Gasteiger partial charge in [0.15, 0.2) is 0 Å². The molecule has 1 aliphatic heterocycles. The van der Waals surface area contributed by atoms with Crippen LogP contribution in [-0.2, 0) is 14.3 Å². The smallest absolute Gasteiger partial charge is 0.311 e. The Bertz CT molecular complexity index is 167. The van der Waals surface area contributed by atoms with Crippen LogP contribution in [0.2, 0.25) is 0 Å². The molecule has 0 radical (unpaired) electrons. The number of carbonyl (C=O) groups excluding carboxylic acids is 1. The standard InChI is InChI=1S/C9H16O3/c1-6-4-5-12-8(6)7(2)9(10)11-3/h6-8H,4-5H2,1-3H3/t6-,7+,8-/m1/s1. The molecule has 1 saturated heterocycles. The van der Waals surface area contributed by atoms with Crippen LogP contribution in [0.4, 0.5) is 0 Å². The van der Waals surface area contributed by atoms with Crippen molar-refractivity contribution in [2.75, 3.05) is 13.7 Å². The van der Waals surface area contributed by atoms with Gasteiger partial charge in [0.1, 0.15) is 0 Å². The van der Waals surface area contributed by atoms with E-state index in [4.69, 9.17) is 4.74 Å². The van der Waals surface area contributed by atoms with E-state index in [9.17, 15) is 4.79 Å². The second kappa shape index (κ2) is 3.90. The predicted octanol–water partition coefficient (Wildman–Crippen LogP) is 1.22. The zero-order chi connectivity index (χ0) is 9.14. The third-order valence-electron chi connectivity index (χ3n) is 2.51. The Balaban J connectivity index is 2.51. The molecule has 12 heavy (non-hydrogen) atoms. The lowest BCUT2D eigenvalue weighted by atomic mass is 9.93. The summed E-state index contributed by atoms with van der Waals surface area (Å²) < 4.78 is 10.1. The quantitative estimate of drug-likeness (QED) is 0.587. The molecule has 0 spiro atoms. The van der Waals surface area contributed by atoms with Crippen molar-refractivity contribution in [1.82, 2.24) is 0 Å². The third kappa shape index (κ3) is 1.78. The van der Waals surface area contributed by atoms with Crippen molar-refractivity contribution >= 4 is 5.97 Å². The zero-order valence-corrected chi connectivity index (χ0v) is 7.87. The molecule has 0 unspecified atom stereocenters. The normalized spacial score (nSPS) is 31.6. The first-order chi connectivity index (χ1) is 5.66. The van der Waals surface area contributed by atoms with Gasteiger partial charge in [0.25, 0.3) is 0 Å². The van der Waals surface area contributed by atoms with Crippen molar-refractivity contribution in [2.24, 2.45) is 11.8 Å². The Morgan fingerprint density at radius 2 is 2.33 bits per heavy atom. The van der Waals surface area contributed by atoms with Crippen LogP contribution in [0.15, 0.2) is 0 Å². The fraction of sp³-hybridized carbons (Fsp3) is 0.889. The van der Waals surface area contributed by atoms with Gasteiger partial charge < -0.3 is 9.47 Å². The van der Waals surface area contributed by atoms with Gasteiger partial charge in [-0.3, -0.25) is 4.79 Å². The highest BCUT2D eigenvalue weighted by atomic mass is 16.5. The van der Waals surface area contributed by atoms with Crippen LogP contribution in [0.3, 0.4) is 0 Å². The molecule has 1 heterocycles. The molecule has 0 aliphatic carbocycles. The van der Waals surface area contributed by atoms with E-state index < -0.39 is 0 Å². The monoisotopic (exact) mass is 172 g/mol. The van der Waals surface area contributed by atoms with Crippen molar-refractivity contribution in [2.45, 2.75) is 26.4 Å². The van der Waals surface area contributed by atoms with Gasteiger partial charge in [0, 0.05) is 6.61 Å². The van der Waals surface area contributed by atoms with E-state index in [1.165, 1.54) is 7.11 Å². The highest BCUT2D eigenvalue weighted by Gasteiger charge is 2.33. The Hall–Kier alpha value is -0.570. The number of rotatable bonds is 2. The molecule has 70 valence electrons. The van der Waals surface area contributed by atoms with E-state index in [0.29, 0.717) is 5.92 Å². The van der Waals surface area contributed by atoms with E-state index in [1.807, 2.05) is 6.92 Å². The van der Waals surface area contributed by atoms with Crippen LogP contribution < -0.4 is 0 Å². The first-order valence-corrected chi connectivity index (χ1v) is 4.36. The summed E-state index contributed by atoms with van der Waals surface area (Å²) in [4.78, 5) is 11.1. The van der Waals surface area contributed by atoms with Gasteiger partial charge in [-0.1, -0.05) is 6.92 Å². The van der Waals surface area contributed by atoms with Crippen LogP contribution in [-0.4, -0.2) is 25.8 Å². The summed E-state index contributed by atoms with van der Waals surface area (Å²) in [5, 5.41) is 0. The second-order valence-electron chi connectivity index (χ2n) is 3.41. The summed E-state index contributed by atoms with van der Waals surface area (Å²) >= 11 is 0. The average molecular weight is 172 g/mol. The average Bonchev–Trinajstić information content (AvgIpc) is 2.48. The summed E-state index contributed by atoms with van der Waals surface area (Å²) in [6.07, 6.45) is 1.10. The summed E-state index contributed by atoms with van der Waals surface area (Å²) in [7, 11) is 1.42. The summed E-state index contributed by atoms with van der Waals surface area (Å²) in [6, 6.07) is 0. The zero-order valence-electron chi connectivity index (χ0n) is 7.87. The number of carbonyl (C=O) groups is 1. The van der Waals surface area contributed by atoms with Gasteiger partial charge in [-0.25, -0.2) is 0 Å². The third-order valence-corrected chi connectivity index (χ3v) is 2.51. The number of methoxy groups -OCH3 is 1. The molecule has 0 saturated carbocycles. The molecule has 0 aromatic carbocycles. The van der Waals surface area contributed by atoms with Gasteiger partial charge in [-0.2, -0.15) is 0 Å². The van der Waals surface area contributed by atoms with Crippen LogP contribution in [0.25, 0.3) is 0 Å². The molecule has 3 heteroatoms. The predicted molar refractivity (Wildman–Crippen MR) is 44.7 cm³/mol. The second-order valence-corrected chi connectivity index (χ2v) is 3.41. The number of ether oxygens (including phenoxy) is 2. The lowest BCUT2D eigenvalue weighted by Crippen LogP contribution is -2.30. The van der Waals surface area contributed by atoms with Crippen LogP contribution in [0.5, 0.6) is 0 Å². The fourth-order valence-electron chi connectivity index (χ4n) is 1.68. The van der Waals surface area contributed by atoms with Crippen molar-refractivity contribution in [1.29, 1.82) is 0 Å². The molecule has 0 aromatic rings. The number of hydrogen-bond acceptors (Lipinski definition) is 3. The SMILES string of the molecule is COC(=O)[C@@H](C)[C@@H]1OCC[C@H]1C. The van der Waals surface area contributed by atoms with Gasteiger partial charge in [0.2, 0.25) is 0 Å². The molecule has 3 atom stereocenters. The summed E-state index contributed by atoms with van der Waals surface area (Å²) in [5.74, 6) is 0.167. The fourth-order valence-corrected chi connectivity index (χ4v) is 1.68. The molecule has 0 bridgehead atoms. The van der Waals surface area contributed by atoms with Gasteiger partial charge in [-0.15, -0.1) is 0 Å². The van der Waals surface area contributed by atoms with Crippen molar-refractivity contribution in [3.8, 4) is 0 Å². The first kappa shape index (κ1) is 9.52. The molecular formula is C9H16O3. The molecule has 1 rings (SSSR count). The molecule has 0 N–H and O–H groups in total. The maximum Gasteiger partial charge on any atom is 0.311 e. The Kier molecular flexibility index (Phi) is 3.09. The largest absolute Gasteiger partial charge is 0.469 e. The molecule has 0 amide bonds. The molecule has 0 aromatic heterocycles. The maximum atomic E-state index is 11.1. The van der Waals surface area contributed by atoms with E-state index in [1.54, 1.807) is 0 Å². The molecule has 3 nitrogen and oxygen atoms in total. The highest BCUT2D eigenvalue weighted by Crippen LogP contribution is 2.26. The molecule has 1 aliphatic rings. The Morgan fingerprint density at radius 1 is 1.67 bits per heavy atom. The van der Waals surface area contributed by atoms with Crippen molar-refractivity contribution in [3.05, 3.63) is 0 Å². The van der Waals surface area contributed by atoms with E-state index in [0.717, 1.165) is 13.0 Å². The van der Waals surface area contributed by atoms with Gasteiger partial charge >= 0.3 is 5.97 Å². The van der Waals surface area contributed by atoms with Crippen LogP contribution in [0, 0.1) is 11.8 Å². The summed E-state index contributed by atoms with van der Waals surface area (Å²) in [5.41, 5.74) is 0. The minimum Gasteiger partial charge on any atom is -0.469 e. The molecular weight excluding hydrogens is 156 g/mol. The minimum absolute atomic E-state index is 0.0532. The van der Waals surface area contributed by atoms with Crippen LogP contribution in [0.1, 0.15) is 20.3 Å².